The third-order valence-electron chi connectivity index (χ3n) is 8.57. The van der Waals surface area contributed by atoms with Gasteiger partial charge in [0, 0.05) is 6.42 Å². The Morgan fingerprint density at radius 1 is 0.647 bits per heavy atom. The summed E-state index contributed by atoms with van der Waals surface area (Å²) >= 11 is 0. The number of amides is 6. The number of carbonyl (C=O) groups is 7. The first-order valence-electron chi connectivity index (χ1n) is 17.0. The Labute approximate surface area is 298 Å². The number of carbonyl (C=O) groups excluding carboxylic acids is 6. The van der Waals surface area contributed by atoms with Crippen LogP contribution in [0.3, 0.4) is 0 Å². The van der Waals surface area contributed by atoms with E-state index in [0.717, 1.165) is 0 Å². The first-order valence-corrected chi connectivity index (χ1v) is 17.0. The second-order valence-electron chi connectivity index (χ2n) is 12.8. The van der Waals surface area contributed by atoms with Crippen LogP contribution in [0.1, 0.15) is 66.9 Å². The van der Waals surface area contributed by atoms with Gasteiger partial charge in [0.25, 0.3) is 0 Å². The molecule has 11 N–H and O–H groups in total. The number of nitrogens with two attached hydrogens (primary N) is 1. The highest BCUT2D eigenvalue weighted by molar-refractivity contribution is 5.96. The number of rotatable bonds is 21. The van der Waals surface area contributed by atoms with E-state index in [0.29, 0.717) is 18.4 Å². The van der Waals surface area contributed by atoms with Crippen LogP contribution in [0.4, 0.5) is 0 Å². The van der Waals surface area contributed by atoms with Crippen molar-refractivity contribution in [2.75, 3.05) is 6.54 Å². The van der Waals surface area contributed by atoms with Crippen molar-refractivity contribution in [3.05, 3.63) is 35.9 Å². The molecule has 0 bridgehead atoms. The SMILES string of the molecule is CC[C@H](C)[C@H](N)C(=O)N[C@H](C(=O)N[C@@H](Cc1ccccc1)C(=O)N[C@H](C(=O)NCC(=O)N[C@@H](C)C(=O)N[C@H](C(=O)O)[C@@H](C)O)[C@@H](C)O)[C@@H](C)CC. The Morgan fingerprint density at radius 3 is 1.69 bits per heavy atom. The van der Waals surface area contributed by atoms with Crippen molar-refractivity contribution < 1.29 is 48.9 Å². The van der Waals surface area contributed by atoms with Gasteiger partial charge in [0.05, 0.1) is 24.8 Å². The van der Waals surface area contributed by atoms with Gasteiger partial charge in [-0.25, -0.2) is 4.79 Å². The molecule has 0 saturated carbocycles. The van der Waals surface area contributed by atoms with Crippen molar-refractivity contribution in [1.82, 2.24) is 31.9 Å². The van der Waals surface area contributed by atoms with E-state index in [1.165, 1.54) is 20.8 Å². The second kappa shape index (κ2) is 21.6. The van der Waals surface area contributed by atoms with Gasteiger partial charge in [-0.1, -0.05) is 70.9 Å². The molecule has 286 valence electrons. The number of aliphatic hydroxyl groups is 2. The van der Waals surface area contributed by atoms with Crippen LogP contribution in [0.2, 0.25) is 0 Å². The van der Waals surface area contributed by atoms with Gasteiger partial charge >= 0.3 is 5.97 Å². The van der Waals surface area contributed by atoms with Gasteiger partial charge in [-0.2, -0.15) is 0 Å². The lowest BCUT2D eigenvalue weighted by molar-refractivity contribution is -0.145. The largest absolute Gasteiger partial charge is 0.480 e. The molecule has 1 aromatic rings. The van der Waals surface area contributed by atoms with Crippen LogP contribution in [-0.2, 0) is 40.0 Å². The molecular formula is C34H55N7O10. The summed E-state index contributed by atoms with van der Waals surface area (Å²) in [6.07, 6.45) is -1.73. The molecule has 0 aliphatic rings. The van der Waals surface area contributed by atoms with Crippen molar-refractivity contribution in [1.29, 1.82) is 0 Å². The number of hydrogen-bond donors (Lipinski definition) is 10. The number of aliphatic hydroxyl groups excluding tert-OH is 2. The molecule has 10 atom stereocenters. The molecule has 0 aromatic heterocycles. The minimum absolute atomic E-state index is 0.0136. The van der Waals surface area contributed by atoms with E-state index in [1.807, 2.05) is 20.8 Å². The Balaban J connectivity index is 3.09. The van der Waals surface area contributed by atoms with Crippen LogP contribution < -0.4 is 37.6 Å². The maximum absolute atomic E-state index is 13.7. The lowest BCUT2D eigenvalue weighted by Crippen LogP contribution is -2.61. The Hall–Kier alpha value is -4.61. The first kappa shape index (κ1) is 44.4. The van der Waals surface area contributed by atoms with E-state index in [4.69, 9.17) is 10.8 Å². The molecule has 51 heavy (non-hydrogen) atoms. The standard InChI is InChI=1S/C34H55N7O10/c1-8-17(3)25(35)31(47)39-26(18(4)9-2)33(49)38-23(15-22-13-11-10-12-14-22)30(46)40-27(20(6)42)32(48)36-16-24(44)37-19(5)29(45)41-28(21(7)43)34(50)51/h10-14,17-21,23,25-28,42-43H,8-9,15-16,35H2,1-7H3,(H,36,48)(H,37,44)(H,38,49)(H,39,47)(H,40,46)(H,41,45)(H,50,51)/t17-,18-,19-,20+,21+,23-,25-,26-,27-,28-/m0/s1. The van der Waals surface area contributed by atoms with Gasteiger partial charge < -0.3 is 53.0 Å². The third-order valence-corrected chi connectivity index (χ3v) is 8.57. The Bertz CT molecular complexity index is 1340. The molecular weight excluding hydrogens is 666 g/mol. The molecule has 6 amide bonds. The van der Waals surface area contributed by atoms with E-state index in [9.17, 15) is 43.8 Å². The van der Waals surface area contributed by atoms with Crippen molar-refractivity contribution in [2.24, 2.45) is 17.6 Å². The maximum Gasteiger partial charge on any atom is 0.328 e. The Kier molecular flexibility index (Phi) is 18.8. The van der Waals surface area contributed by atoms with Gasteiger partial charge in [0.1, 0.15) is 24.2 Å². The van der Waals surface area contributed by atoms with E-state index in [2.05, 4.69) is 31.9 Å². The van der Waals surface area contributed by atoms with E-state index < -0.39 is 96.4 Å². The summed E-state index contributed by atoms with van der Waals surface area (Å²) in [5.41, 5.74) is 6.77. The molecule has 0 unspecified atom stereocenters. The molecule has 0 aliphatic heterocycles. The summed E-state index contributed by atoms with van der Waals surface area (Å²) in [4.78, 5) is 89.3. The zero-order chi connectivity index (χ0) is 39.0. The molecule has 17 heteroatoms. The molecule has 17 nitrogen and oxygen atoms in total. The minimum atomic E-state index is -1.62. The molecule has 0 radical (unpaired) electrons. The van der Waals surface area contributed by atoms with Gasteiger partial charge in [-0.3, -0.25) is 28.8 Å². The normalized spacial score (nSPS) is 17.0. The highest BCUT2D eigenvalue weighted by Gasteiger charge is 2.34. The van der Waals surface area contributed by atoms with E-state index in [-0.39, 0.29) is 18.3 Å². The first-order chi connectivity index (χ1) is 23.8. The van der Waals surface area contributed by atoms with Gasteiger partial charge in [-0.15, -0.1) is 0 Å². The highest BCUT2D eigenvalue weighted by Crippen LogP contribution is 2.12. The average molecular weight is 722 g/mol. The number of carboxylic acids is 1. The number of aliphatic carboxylic acids is 1. The molecule has 0 spiro atoms. The fourth-order valence-electron chi connectivity index (χ4n) is 4.75. The summed E-state index contributed by atoms with van der Waals surface area (Å²) in [5.74, 6) is -6.69. The quantitative estimate of drug-likeness (QED) is 0.0666. The predicted molar refractivity (Wildman–Crippen MR) is 186 cm³/mol. The van der Waals surface area contributed by atoms with Crippen LogP contribution in [0.25, 0.3) is 0 Å². The molecule has 0 aliphatic carbocycles. The molecule has 1 rings (SSSR count). The van der Waals surface area contributed by atoms with Crippen molar-refractivity contribution in [3.8, 4) is 0 Å². The van der Waals surface area contributed by atoms with Gasteiger partial charge in [-0.05, 0) is 38.2 Å². The predicted octanol–water partition coefficient (Wildman–Crippen LogP) is -1.95. The van der Waals surface area contributed by atoms with Crippen LogP contribution in [0.5, 0.6) is 0 Å². The number of benzene rings is 1. The van der Waals surface area contributed by atoms with Crippen molar-refractivity contribution in [2.45, 2.75) is 116 Å². The van der Waals surface area contributed by atoms with Crippen LogP contribution >= 0.6 is 0 Å². The molecule has 0 saturated heterocycles. The topological polar surface area (TPSA) is 278 Å². The average Bonchev–Trinajstić information content (AvgIpc) is 3.08. The number of hydrogen-bond acceptors (Lipinski definition) is 10. The highest BCUT2D eigenvalue weighted by atomic mass is 16.4. The fourth-order valence-corrected chi connectivity index (χ4v) is 4.75. The van der Waals surface area contributed by atoms with Crippen LogP contribution in [0.15, 0.2) is 30.3 Å². The third kappa shape index (κ3) is 14.6. The second-order valence-corrected chi connectivity index (χ2v) is 12.8. The molecule has 1 aromatic carbocycles. The van der Waals surface area contributed by atoms with E-state index in [1.54, 1.807) is 37.3 Å². The molecule has 0 fully saturated rings. The van der Waals surface area contributed by atoms with Crippen LogP contribution in [-0.4, -0.2) is 112 Å². The summed E-state index contributed by atoms with van der Waals surface area (Å²) in [5, 5.41) is 43.6. The van der Waals surface area contributed by atoms with Crippen molar-refractivity contribution in [3.63, 3.8) is 0 Å². The minimum Gasteiger partial charge on any atom is -0.480 e. The summed E-state index contributed by atoms with van der Waals surface area (Å²) in [6.45, 7) is 10.3. The van der Waals surface area contributed by atoms with Crippen molar-refractivity contribution >= 4 is 41.4 Å². The summed E-state index contributed by atoms with van der Waals surface area (Å²) in [7, 11) is 0. The monoisotopic (exact) mass is 721 g/mol. The zero-order valence-electron chi connectivity index (χ0n) is 30.3. The van der Waals surface area contributed by atoms with E-state index >= 15 is 0 Å². The fraction of sp³-hybridized carbons (Fsp3) is 0.618. The summed E-state index contributed by atoms with van der Waals surface area (Å²) in [6, 6.07) is 1.11. The summed E-state index contributed by atoms with van der Waals surface area (Å²) < 4.78 is 0. The zero-order valence-corrected chi connectivity index (χ0v) is 30.3. The smallest absolute Gasteiger partial charge is 0.328 e. The Morgan fingerprint density at radius 2 is 1.18 bits per heavy atom. The lowest BCUT2D eigenvalue weighted by Gasteiger charge is -2.29. The molecule has 0 heterocycles. The number of carboxylic acid groups (broad SMARTS) is 1. The van der Waals surface area contributed by atoms with Gasteiger partial charge in [0.15, 0.2) is 6.04 Å². The van der Waals surface area contributed by atoms with Gasteiger partial charge in [0.2, 0.25) is 35.4 Å². The van der Waals surface area contributed by atoms with Crippen LogP contribution in [0, 0.1) is 11.8 Å². The number of nitrogens with one attached hydrogen (secondary N) is 6. The maximum atomic E-state index is 13.7. The lowest BCUT2D eigenvalue weighted by atomic mass is 9.95.